The first-order valence-electron chi connectivity index (χ1n) is 6.53. The summed E-state index contributed by atoms with van der Waals surface area (Å²) in [7, 11) is 0. The molecule has 2 nitrogen and oxygen atoms in total. The van der Waals surface area contributed by atoms with Crippen LogP contribution in [-0.2, 0) is 0 Å². The van der Waals surface area contributed by atoms with E-state index in [9.17, 15) is 0 Å². The molecule has 0 radical (unpaired) electrons. The summed E-state index contributed by atoms with van der Waals surface area (Å²) in [6, 6.07) is 4.21. The number of aromatic nitrogens is 1. The molecule has 0 saturated heterocycles. The van der Waals surface area contributed by atoms with Gasteiger partial charge in [0.2, 0.25) is 0 Å². The summed E-state index contributed by atoms with van der Waals surface area (Å²) in [4.78, 5) is 5.76. The zero-order chi connectivity index (χ0) is 13.8. The van der Waals surface area contributed by atoms with Crippen LogP contribution in [0.4, 0.5) is 0 Å². The molecule has 2 heterocycles. The van der Waals surface area contributed by atoms with Crippen LogP contribution in [0.5, 0.6) is 0 Å². The lowest BCUT2D eigenvalue weighted by Crippen LogP contribution is -2.24. The zero-order valence-electron chi connectivity index (χ0n) is 11.5. The Morgan fingerprint density at radius 1 is 1.42 bits per heavy atom. The Balaban J connectivity index is 2.40. The molecule has 2 rings (SSSR count). The van der Waals surface area contributed by atoms with E-state index in [0.29, 0.717) is 0 Å². The lowest BCUT2D eigenvalue weighted by Gasteiger charge is -2.19. The smallest absolute Gasteiger partial charge is 0.0862 e. The fraction of sp³-hybridized carbons (Fsp3) is 0.400. The number of halogens is 1. The standard InChI is InChI=1S/C15H19ClN2S/c1-4-6-17-14(15-12(16)5-7-19-15)13-11(3)8-10(2)9-18-13/h5,7-9,14,17H,4,6H2,1-3H3. The molecule has 2 aromatic rings. The van der Waals surface area contributed by atoms with Crippen molar-refractivity contribution in [3.63, 3.8) is 0 Å². The van der Waals surface area contributed by atoms with Gasteiger partial charge in [-0.2, -0.15) is 0 Å². The van der Waals surface area contributed by atoms with Crippen molar-refractivity contribution in [2.45, 2.75) is 33.2 Å². The lowest BCUT2D eigenvalue weighted by molar-refractivity contribution is 0.591. The largest absolute Gasteiger partial charge is 0.304 e. The van der Waals surface area contributed by atoms with Gasteiger partial charge in [0.15, 0.2) is 0 Å². The second kappa shape index (κ2) is 6.51. The Labute approximate surface area is 123 Å². The topological polar surface area (TPSA) is 24.9 Å². The van der Waals surface area contributed by atoms with Gasteiger partial charge < -0.3 is 5.32 Å². The minimum Gasteiger partial charge on any atom is -0.304 e. The molecule has 0 aliphatic carbocycles. The summed E-state index contributed by atoms with van der Waals surface area (Å²) in [6.07, 6.45) is 3.01. The molecule has 2 aromatic heterocycles. The lowest BCUT2D eigenvalue weighted by atomic mass is 10.0. The van der Waals surface area contributed by atoms with Crippen molar-refractivity contribution in [2.24, 2.45) is 0 Å². The highest BCUT2D eigenvalue weighted by Crippen LogP contribution is 2.33. The van der Waals surface area contributed by atoms with Gasteiger partial charge in [0.05, 0.1) is 16.8 Å². The Morgan fingerprint density at radius 2 is 2.21 bits per heavy atom. The Bertz CT molecular complexity index is 551. The molecule has 0 bridgehead atoms. The van der Waals surface area contributed by atoms with E-state index in [4.69, 9.17) is 11.6 Å². The summed E-state index contributed by atoms with van der Waals surface area (Å²) in [5.41, 5.74) is 3.47. The molecule has 102 valence electrons. The molecule has 0 aliphatic rings. The van der Waals surface area contributed by atoms with Gasteiger partial charge in [-0.1, -0.05) is 24.6 Å². The van der Waals surface area contributed by atoms with E-state index in [-0.39, 0.29) is 6.04 Å². The van der Waals surface area contributed by atoms with Crippen molar-refractivity contribution in [1.29, 1.82) is 0 Å². The molecule has 0 aromatic carbocycles. The fourth-order valence-electron chi connectivity index (χ4n) is 2.14. The Morgan fingerprint density at radius 3 is 2.79 bits per heavy atom. The molecule has 0 amide bonds. The molecular weight excluding hydrogens is 276 g/mol. The fourth-order valence-corrected chi connectivity index (χ4v) is 3.38. The molecule has 0 fully saturated rings. The van der Waals surface area contributed by atoms with Crippen LogP contribution in [-0.4, -0.2) is 11.5 Å². The third kappa shape index (κ3) is 3.35. The highest BCUT2D eigenvalue weighted by Gasteiger charge is 2.20. The zero-order valence-corrected chi connectivity index (χ0v) is 13.1. The Kier molecular flexibility index (Phi) is 4.97. The predicted octanol–water partition coefficient (Wildman–Crippen LogP) is 4.50. The van der Waals surface area contributed by atoms with Crippen molar-refractivity contribution in [1.82, 2.24) is 10.3 Å². The second-order valence-electron chi connectivity index (χ2n) is 4.73. The quantitative estimate of drug-likeness (QED) is 0.878. The maximum atomic E-state index is 6.29. The summed E-state index contributed by atoms with van der Waals surface area (Å²) in [6.45, 7) is 7.29. The summed E-state index contributed by atoms with van der Waals surface area (Å²) < 4.78 is 0. The number of hydrogen-bond donors (Lipinski definition) is 1. The van der Waals surface area contributed by atoms with E-state index in [1.807, 2.05) is 17.6 Å². The van der Waals surface area contributed by atoms with Crippen LogP contribution in [0.1, 0.15) is 41.1 Å². The number of aryl methyl sites for hydroxylation is 2. The van der Waals surface area contributed by atoms with Gasteiger partial charge in [0.25, 0.3) is 0 Å². The maximum absolute atomic E-state index is 6.29. The van der Waals surface area contributed by atoms with E-state index in [0.717, 1.165) is 28.6 Å². The third-order valence-corrected chi connectivity index (χ3v) is 4.46. The summed E-state index contributed by atoms with van der Waals surface area (Å²) in [5, 5.41) is 6.40. The molecule has 0 spiro atoms. The van der Waals surface area contributed by atoms with Gasteiger partial charge in [-0.3, -0.25) is 4.98 Å². The molecule has 1 N–H and O–H groups in total. The second-order valence-corrected chi connectivity index (χ2v) is 6.09. The van der Waals surface area contributed by atoms with Crippen LogP contribution >= 0.6 is 22.9 Å². The number of pyridine rings is 1. The van der Waals surface area contributed by atoms with Gasteiger partial charge in [0, 0.05) is 11.1 Å². The Hall–Kier alpha value is -0.900. The number of rotatable bonds is 5. The first-order chi connectivity index (χ1) is 9.13. The van der Waals surface area contributed by atoms with Crippen molar-refractivity contribution in [3.05, 3.63) is 50.4 Å². The molecule has 0 aliphatic heterocycles. The van der Waals surface area contributed by atoms with Crippen LogP contribution in [0.2, 0.25) is 5.02 Å². The SMILES string of the molecule is CCCNC(c1ncc(C)cc1C)c1sccc1Cl. The molecule has 19 heavy (non-hydrogen) atoms. The van der Waals surface area contributed by atoms with Crippen molar-refractivity contribution in [2.75, 3.05) is 6.54 Å². The van der Waals surface area contributed by atoms with Crippen LogP contribution in [0.15, 0.2) is 23.7 Å². The van der Waals surface area contributed by atoms with Crippen LogP contribution in [0.25, 0.3) is 0 Å². The summed E-state index contributed by atoms with van der Waals surface area (Å²) in [5.74, 6) is 0. The first-order valence-corrected chi connectivity index (χ1v) is 7.78. The highest BCUT2D eigenvalue weighted by atomic mass is 35.5. The third-order valence-electron chi connectivity index (χ3n) is 3.03. The van der Waals surface area contributed by atoms with E-state index in [2.05, 4.69) is 37.1 Å². The monoisotopic (exact) mass is 294 g/mol. The van der Waals surface area contributed by atoms with Gasteiger partial charge >= 0.3 is 0 Å². The van der Waals surface area contributed by atoms with Crippen LogP contribution < -0.4 is 5.32 Å². The average molecular weight is 295 g/mol. The van der Waals surface area contributed by atoms with Gasteiger partial charge in [0.1, 0.15) is 0 Å². The van der Waals surface area contributed by atoms with Gasteiger partial charge in [-0.05, 0) is 49.4 Å². The number of hydrogen-bond acceptors (Lipinski definition) is 3. The normalized spacial score (nSPS) is 12.6. The first kappa shape index (κ1) is 14.5. The van der Waals surface area contributed by atoms with Crippen LogP contribution in [0.3, 0.4) is 0 Å². The minimum absolute atomic E-state index is 0.0908. The summed E-state index contributed by atoms with van der Waals surface area (Å²) >= 11 is 7.97. The van der Waals surface area contributed by atoms with Crippen molar-refractivity contribution in [3.8, 4) is 0 Å². The average Bonchev–Trinajstić information content (AvgIpc) is 2.78. The van der Waals surface area contributed by atoms with Crippen molar-refractivity contribution < 1.29 is 0 Å². The van der Waals surface area contributed by atoms with E-state index >= 15 is 0 Å². The highest BCUT2D eigenvalue weighted by molar-refractivity contribution is 7.10. The molecule has 1 atom stereocenters. The van der Waals surface area contributed by atoms with Crippen molar-refractivity contribution >= 4 is 22.9 Å². The molecule has 4 heteroatoms. The number of thiophene rings is 1. The van der Waals surface area contributed by atoms with Gasteiger partial charge in [-0.15, -0.1) is 11.3 Å². The molecular formula is C15H19ClN2S. The molecule has 1 unspecified atom stereocenters. The van der Waals surface area contributed by atoms with E-state index < -0.39 is 0 Å². The minimum atomic E-state index is 0.0908. The number of nitrogens with one attached hydrogen (secondary N) is 1. The maximum Gasteiger partial charge on any atom is 0.0862 e. The number of nitrogens with zero attached hydrogens (tertiary/aromatic N) is 1. The van der Waals surface area contributed by atoms with E-state index in [1.165, 1.54) is 11.1 Å². The molecule has 0 saturated carbocycles. The van der Waals surface area contributed by atoms with Gasteiger partial charge in [-0.25, -0.2) is 0 Å². The van der Waals surface area contributed by atoms with Crippen LogP contribution in [0, 0.1) is 13.8 Å². The van der Waals surface area contributed by atoms with E-state index in [1.54, 1.807) is 11.3 Å². The predicted molar refractivity (Wildman–Crippen MR) is 83.2 cm³/mol.